The van der Waals surface area contributed by atoms with E-state index < -0.39 is 5.97 Å². The number of hydrogen-bond acceptors (Lipinski definition) is 4. The normalized spacial score (nSPS) is 12.8. The van der Waals surface area contributed by atoms with E-state index in [1.807, 2.05) is 0 Å². The number of nitrogens with one attached hydrogen (secondary N) is 1. The molecule has 6 nitrogen and oxygen atoms in total. The van der Waals surface area contributed by atoms with Crippen LogP contribution in [0.1, 0.15) is 24.7 Å². The van der Waals surface area contributed by atoms with E-state index >= 15 is 0 Å². The second kappa shape index (κ2) is 3.82. The summed E-state index contributed by atoms with van der Waals surface area (Å²) in [6.45, 7) is 0. The van der Waals surface area contributed by atoms with Crippen molar-refractivity contribution in [1.82, 2.24) is 15.2 Å². The summed E-state index contributed by atoms with van der Waals surface area (Å²) < 4.78 is 0. The number of aromatic nitrogens is 3. The van der Waals surface area contributed by atoms with Crippen molar-refractivity contribution in [1.29, 1.82) is 0 Å². The summed E-state index contributed by atoms with van der Waals surface area (Å²) in [6.07, 6.45) is 1.75. The van der Waals surface area contributed by atoms with Crippen LogP contribution in [0.5, 0.6) is 0 Å². The number of H-pyrrole nitrogens is 1. The van der Waals surface area contributed by atoms with Gasteiger partial charge >= 0.3 is 5.97 Å². The van der Waals surface area contributed by atoms with Gasteiger partial charge in [-0.05, 0) is 6.42 Å². The van der Waals surface area contributed by atoms with Crippen LogP contribution in [0.4, 0.5) is 0 Å². The first-order valence-corrected chi connectivity index (χ1v) is 3.53. The number of hydrogen-bond donors (Lipinski definition) is 3. The lowest BCUT2D eigenvalue weighted by Gasteiger charge is -2.04. The van der Waals surface area contributed by atoms with E-state index in [1.165, 1.54) is 6.33 Å². The lowest BCUT2D eigenvalue weighted by Crippen LogP contribution is -2.13. The number of carboxylic acids is 1. The molecule has 0 fully saturated rings. The smallest absolute Gasteiger partial charge is 0.303 e. The Morgan fingerprint density at radius 1 is 1.83 bits per heavy atom. The third-order valence-corrected chi connectivity index (χ3v) is 1.45. The number of carbonyl (C=O) groups is 1. The highest BCUT2D eigenvalue weighted by atomic mass is 16.4. The predicted molar refractivity (Wildman–Crippen MR) is 40.2 cm³/mol. The highest BCUT2D eigenvalue weighted by Gasteiger charge is 2.10. The van der Waals surface area contributed by atoms with Gasteiger partial charge in [0.25, 0.3) is 0 Å². The zero-order chi connectivity index (χ0) is 8.97. The number of aromatic amines is 1. The average Bonchev–Trinajstić information content (AvgIpc) is 2.51. The molecule has 1 atom stereocenters. The predicted octanol–water partition coefficient (Wildman–Crippen LogP) is -0.331. The molecule has 6 heteroatoms. The van der Waals surface area contributed by atoms with Crippen molar-refractivity contribution in [2.75, 3.05) is 0 Å². The van der Waals surface area contributed by atoms with Gasteiger partial charge in [0.1, 0.15) is 12.2 Å². The molecule has 1 rings (SSSR count). The Morgan fingerprint density at radius 2 is 2.58 bits per heavy atom. The minimum absolute atomic E-state index is 0.0435. The number of rotatable bonds is 4. The fourth-order valence-electron chi connectivity index (χ4n) is 0.809. The number of nitrogens with two attached hydrogens (primary N) is 1. The van der Waals surface area contributed by atoms with E-state index in [-0.39, 0.29) is 12.5 Å². The molecule has 0 spiro atoms. The fourth-order valence-corrected chi connectivity index (χ4v) is 0.809. The minimum atomic E-state index is -0.857. The largest absolute Gasteiger partial charge is 0.481 e. The lowest BCUT2D eigenvalue weighted by molar-refractivity contribution is -0.137. The monoisotopic (exact) mass is 170 g/mol. The van der Waals surface area contributed by atoms with Crippen molar-refractivity contribution < 1.29 is 9.90 Å². The van der Waals surface area contributed by atoms with Gasteiger partial charge in [-0.15, -0.1) is 0 Å². The van der Waals surface area contributed by atoms with Gasteiger partial charge in [0.15, 0.2) is 0 Å². The molecule has 12 heavy (non-hydrogen) atoms. The maximum atomic E-state index is 10.2. The van der Waals surface area contributed by atoms with E-state index in [0.29, 0.717) is 12.2 Å². The van der Waals surface area contributed by atoms with Crippen LogP contribution in [0.25, 0.3) is 0 Å². The van der Waals surface area contributed by atoms with E-state index in [2.05, 4.69) is 15.2 Å². The summed E-state index contributed by atoms with van der Waals surface area (Å²) in [5.74, 6) is -0.332. The van der Waals surface area contributed by atoms with Gasteiger partial charge in [-0.3, -0.25) is 9.89 Å². The van der Waals surface area contributed by atoms with Gasteiger partial charge in [0.2, 0.25) is 0 Å². The van der Waals surface area contributed by atoms with Crippen molar-refractivity contribution in [2.24, 2.45) is 5.73 Å². The van der Waals surface area contributed by atoms with Crippen LogP contribution in [-0.2, 0) is 4.79 Å². The van der Waals surface area contributed by atoms with Crippen molar-refractivity contribution in [2.45, 2.75) is 18.9 Å². The van der Waals surface area contributed by atoms with Crippen LogP contribution in [0.2, 0.25) is 0 Å². The summed E-state index contributed by atoms with van der Waals surface area (Å²) in [5, 5.41) is 14.5. The summed E-state index contributed by atoms with van der Waals surface area (Å²) >= 11 is 0. The quantitative estimate of drug-likeness (QED) is 0.573. The zero-order valence-corrected chi connectivity index (χ0v) is 6.40. The Balaban J connectivity index is 2.39. The lowest BCUT2D eigenvalue weighted by atomic mass is 10.1. The number of carboxylic acid groups (broad SMARTS) is 1. The fraction of sp³-hybridized carbons (Fsp3) is 0.500. The zero-order valence-electron chi connectivity index (χ0n) is 6.40. The molecule has 0 radical (unpaired) electrons. The van der Waals surface area contributed by atoms with Crippen molar-refractivity contribution in [3.8, 4) is 0 Å². The van der Waals surface area contributed by atoms with Crippen molar-refractivity contribution in [3.63, 3.8) is 0 Å². The average molecular weight is 170 g/mol. The molecule has 0 aromatic carbocycles. The maximum Gasteiger partial charge on any atom is 0.303 e. The van der Waals surface area contributed by atoms with Crippen LogP contribution in [-0.4, -0.2) is 26.3 Å². The van der Waals surface area contributed by atoms with Gasteiger partial charge < -0.3 is 10.8 Å². The van der Waals surface area contributed by atoms with E-state index in [1.54, 1.807) is 0 Å². The Bertz CT molecular complexity index is 246. The SMILES string of the molecule is NC(CCC(=O)O)c1ncn[nH]1. The first-order chi connectivity index (χ1) is 5.70. The molecule has 0 amide bonds. The molecule has 0 aliphatic carbocycles. The maximum absolute atomic E-state index is 10.2. The summed E-state index contributed by atoms with van der Waals surface area (Å²) in [6, 6.07) is -0.372. The molecule has 1 aromatic rings. The summed E-state index contributed by atoms with van der Waals surface area (Å²) in [7, 11) is 0. The molecule has 0 aliphatic heterocycles. The van der Waals surface area contributed by atoms with Crippen LogP contribution >= 0.6 is 0 Å². The first kappa shape index (κ1) is 8.66. The summed E-state index contributed by atoms with van der Waals surface area (Å²) in [5.41, 5.74) is 5.59. The van der Waals surface area contributed by atoms with Crippen molar-refractivity contribution >= 4 is 5.97 Å². The van der Waals surface area contributed by atoms with Gasteiger partial charge in [-0.2, -0.15) is 5.10 Å². The van der Waals surface area contributed by atoms with Crippen LogP contribution in [0.15, 0.2) is 6.33 Å². The van der Waals surface area contributed by atoms with Crippen molar-refractivity contribution in [3.05, 3.63) is 12.2 Å². The molecule has 1 heterocycles. The van der Waals surface area contributed by atoms with Gasteiger partial charge in [-0.1, -0.05) is 0 Å². The molecular formula is C6H10N4O2. The minimum Gasteiger partial charge on any atom is -0.481 e. The second-order valence-corrected chi connectivity index (χ2v) is 2.41. The van der Waals surface area contributed by atoms with E-state index in [0.717, 1.165) is 0 Å². The van der Waals surface area contributed by atoms with Gasteiger partial charge in [0, 0.05) is 6.42 Å². The highest BCUT2D eigenvalue weighted by Crippen LogP contribution is 2.09. The third-order valence-electron chi connectivity index (χ3n) is 1.45. The topological polar surface area (TPSA) is 105 Å². The first-order valence-electron chi connectivity index (χ1n) is 3.53. The Hall–Kier alpha value is -1.43. The number of aliphatic carboxylic acids is 1. The second-order valence-electron chi connectivity index (χ2n) is 2.41. The molecule has 4 N–H and O–H groups in total. The van der Waals surface area contributed by atoms with E-state index in [4.69, 9.17) is 10.8 Å². The Morgan fingerprint density at radius 3 is 3.08 bits per heavy atom. The molecule has 0 saturated carbocycles. The molecule has 1 unspecified atom stereocenters. The van der Waals surface area contributed by atoms with Crippen LogP contribution in [0, 0.1) is 0 Å². The van der Waals surface area contributed by atoms with Crippen LogP contribution in [0.3, 0.4) is 0 Å². The standard InChI is InChI=1S/C6H10N4O2/c7-4(1-2-5(11)12)6-8-3-9-10-6/h3-4H,1-2,7H2,(H,11,12)(H,8,9,10). The molecule has 66 valence electrons. The Labute approximate surface area is 68.8 Å². The van der Waals surface area contributed by atoms with Crippen LogP contribution < -0.4 is 5.73 Å². The molecule has 0 bridgehead atoms. The molecular weight excluding hydrogens is 160 g/mol. The molecule has 0 aliphatic rings. The Kier molecular flexibility index (Phi) is 2.76. The number of nitrogens with zero attached hydrogens (tertiary/aromatic N) is 2. The van der Waals surface area contributed by atoms with Gasteiger partial charge in [0.05, 0.1) is 6.04 Å². The molecule has 0 saturated heterocycles. The summed E-state index contributed by atoms with van der Waals surface area (Å²) in [4.78, 5) is 14.0. The van der Waals surface area contributed by atoms with E-state index in [9.17, 15) is 4.79 Å². The molecule has 1 aromatic heterocycles. The third kappa shape index (κ3) is 2.31. The highest BCUT2D eigenvalue weighted by molar-refractivity contribution is 5.66. The van der Waals surface area contributed by atoms with Gasteiger partial charge in [-0.25, -0.2) is 4.98 Å².